The van der Waals surface area contributed by atoms with E-state index in [0.717, 1.165) is 0 Å². The molecule has 0 spiro atoms. The number of benzene rings is 1. The third-order valence-corrected chi connectivity index (χ3v) is 2.49. The summed E-state index contributed by atoms with van der Waals surface area (Å²) in [6, 6.07) is 5.82. The molecule has 1 amide bonds. The van der Waals surface area contributed by atoms with Crippen LogP contribution in [0.2, 0.25) is 0 Å². The second kappa shape index (κ2) is 5.35. The molecule has 1 atom stereocenters. The van der Waals surface area contributed by atoms with Crippen molar-refractivity contribution in [1.82, 2.24) is 15.3 Å². The van der Waals surface area contributed by atoms with Crippen LogP contribution in [0.4, 0.5) is 4.39 Å². The van der Waals surface area contributed by atoms with Gasteiger partial charge in [-0.15, -0.1) is 0 Å². The maximum absolute atomic E-state index is 13.1. The first-order valence-electron chi connectivity index (χ1n) is 5.49. The van der Waals surface area contributed by atoms with E-state index in [0.29, 0.717) is 5.56 Å². The largest absolute Gasteiger partial charge is 0.344 e. The van der Waals surface area contributed by atoms with E-state index < -0.39 is 0 Å². The zero-order chi connectivity index (χ0) is 13.0. The summed E-state index contributed by atoms with van der Waals surface area (Å²) in [5.41, 5.74) is 0.938. The lowest BCUT2D eigenvalue weighted by Crippen LogP contribution is -2.27. The Morgan fingerprint density at radius 1 is 1.39 bits per heavy atom. The van der Waals surface area contributed by atoms with E-state index in [2.05, 4.69) is 15.3 Å². The summed E-state index contributed by atoms with van der Waals surface area (Å²) >= 11 is 0. The molecule has 2 aromatic rings. The summed E-state index contributed by atoms with van der Waals surface area (Å²) in [7, 11) is 0. The molecule has 0 fully saturated rings. The molecule has 0 saturated carbocycles. The molecular formula is C13H12FN3O. The lowest BCUT2D eigenvalue weighted by molar-refractivity contribution is 0.0934. The Labute approximate surface area is 104 Å². The quantitative estimate of drug-likeness (QED) is 0.901. The lowest BCUT2D eigenvalue weighted by atomic mass is 10.1. The number of carbonyl (C=O) groups excluding carboxylic acids is 1. The van der Waals surface area contributed by atoms with Gasteiger partial charge in [0.25, 0.3) is 5.91 Å². The fraction of sp³-hybridized carbons (Fsp3) is 0.154. The molecule has 0 aliphatic rings. The van der Waals surface area contributed by atoms with Crippen LogP contribution in [-0.4, -0.2) is 15.9 Å². The van der Waals surface area contributed by atoms with Gasteiger partial charge in [0.15, 0.2) is 0 Å². The smallest absolute Gasteiger partial charge is 0.271 e. The Balaban J connectivity index is 2.08. The van der Waals surface area contributed by atoms with Crippen molar-refractivity contribution in [2.24, 2.45) is 0 Å². The highest BCUT2D eigenvalue weighted by atomic mass is 19.1. The van der Waals surface area contributed by atoms with Gasteiger partial charge in [-0.3, -0.25) is 9.78 Å². The van der Waals surface area contributed by atoms with Crippen LogP contribution in [0.25, 0.3) is 0 Å². The fourth-order valence-corrected chi connectivity index (χ4v) is 1.55. The highest BCUT2D eigenvalue weighted by Gasteiger charge is 2.12. The van der Waals surface area contributed by atoms with Gasteiger partial charge in [-0.05, 0) is 24.6 Å². The van der Waals surface area contributed by atoms with Crippen LogP contribution in [0.3, 0.4) is 0 Å². The number of carbonyl (C=O) groups is 1. The second-order valence-corrected chi connectivity index (χ2v) is 3.84. The van der Waals surface area contributed by atoms with Crippen LogP contribution >= 0.6 is 0 Å². The monoisotopic (exact) mass is 245 g/mol. The van der Waals surface area contributed by atoms with E-state index in [1.165, 1.54) is 30.7 Å². The molecule has 1 aromatic carbocycles. The number of hydrogen-bond donors (Lipinski definition) is 1. The third-order valence-electron chi connectivity index (χ3n) is 2.49. The van der Waals surface area contributed by atoms with E-state index in [4.69, 9.17) is 0 Å². The van der Waals surface area contributed by atoms with Crippen LogP contribution in [0.5, 0.6) is 0 Å². The van der Waals surface area contributed by atoms with Gasteiger partial charge in [0.05, 0.1) is 12.2 Å². The standard InChI is InChI=1S/C13H12FN3O/c1-9(10-3-2-4-11(14)7-10)17-13(18)12-8-15-5-6-16-12/h2-9H,1H3,(H,17,18)/t9-/m0/s1. The summed E-state index contributed by atoms with van der Waals surface area (Å²) in [4.78, 5) is 19.5. The van der Waals surface area contributed by atoms with Crippen molar-refractivity contribution in [3.63, 3.8) is 0 Å². The number of aromatic nitrogens is 2. The van der Waals surface area contributed by atoms with Gasteiger partial charge in [-0.1, -0.05) is 12.1 Å². The van der Waals surface area contributed by atoms with Gasteiger partial charge in [0.1, 0.15) is 11.5 Å². The van der Waals surface area contributed by atoms with E-state index in [9.17, 15) is 9.18 Å². The van der Waals surface area contributed by atoms with Gasteiger partial charge in [0, 0.05) is 12.4 Å². The highest BCUT2D eigenvalue weighted by Crippen LogP contribution is 2.13. The Bertz CT molecular complexity index is 545. The van der Waals surface area contributed by atoms with Crippen LogP contribution < -0.4 is 5.32 Å². The SMILES string of the molecule is C[C@H](NC(=O)c1cnccn1)c1cccc(F)c1. The van der Waals surface area contributed by atoms with Crippen LogP contribution in [0.1, 0.15) is 29.0 Å². The Morgan fingerprint density at radius 2 is 2.22 bits per heavy atom. The molecule has 4 nitrogen and oxygen atoms in total. The van der Waals surface area contributed by atoms with Gasteiger partial charge in [-0.25, -0.2) is 9.37 Å². The fourth-order valence-electron chi connectivity index (χ4n) is 1.55. The summed E-state index contributed by atoms with van der Waals surface area (Å²) < 4.78 is 13.1. The molecule has 2 rings (SSSR count). The molecule has 0 saturated heterocycles. The average molecular weight is 245 g/mol. The Morgan fingerprint density at radius 3 is 2.89 bits per heavy atom. The zero-order valence-corrected chi connectivity index (χ0v) is 9.80. The lowest BCUT2D eigenvalue weighted by Gasteiger charge is -2.13. The van der Waals surface area contributed by atoms with Crippen molar-refractivity contribution in [3.8, 4) is 0 Å². The predicted octanol–water partition coefficient (Wildman–Crippen LogP) is 2.11. The molecule has 92 valence electrons. The normalized spacial score (nSPS) is 11.9. The van der Waals surface area contributed by atoms with Crippen molar-refractivity contribution in [2.45, 2.75) is 13.0 Å². The Hall–Kier alpha value is -2.30. The molecule has 0 bridgehead atoms. The summed E-state index contributed by atoms with van der Waals surface area (Å²) in [5.74, 6) is -0.659. The maximum Gasteiger partial charge on any atom is 0.271 e. The van der Waals surface area contributed by atoms with Crippen LogP contribution in [0.15, 0.2) is 42.9 Å². The van der Waals surface area contributed by atoms with Crippen molar-refractivity contribution in [2.75, 3.05) is 0 Å². The van der Waals surface area contributed by atoms with Gasteiger partial charge in [-0.2, -0.15) is 0 Å². The molecule has 18 heavy (non-hydrogen) atoms. The first-order valence-corrected chi connectivity index (χ1v) is 5.49. The van der Waals surface area contributed by atoms with E-state index in [-0.39, 0.29) is 23.5 Å². The molecule has 0 aliphatic carbocycles. The summed E-state index contributed by atoms with van der Waals surface area (Å²) in [6.45, 7) is 1.78. The van der Waals surface area contributed by atoms with Crippen molar-refractivity contribution >= 4 is 5.91 Å². The average Bonchev–Trinajstić information content (AvgIpc) is 2.39. The second-order valence-electron chi connectivity index (χ2n) is 3.84. The number of nitrogens with zero attached hydrogens (tertiary/aromatic N) is 2. The molecule has 0 unspecified atom stereocenters. The van der Waals surface area contributed by atoms with Gasteiger partial charge >= 0.3 is 0 Å². The first-order chi connectivity index (χ1) is 8.66. The topological polar surface area (TPSA) is 54.9 Å². The minimum absolute atomic E-state index is 0.237. The molecule has 0 aliphatic heterocycles. The molecule has 1 heterocycles. The van der Waals surface area contributed by atoms with Crippen molar-refractivity contribution < 1.29 is 9.18 Å². The minimum atomic E-state index is -0.333. The number of rotatable bonds is 3. The molecule has 1 aromatic heterocycles. The highest BCUT2D eigenvalue weighted by molar-refractivity contribution is 5.92. The van der Waals surface area contributed by atoms with E-state index in [1.54, 1.807) is 19.1 Å². The zero-order valence-electron chi connectivity index (χ0n) is 9.80. The minimum Gasteiger partial charge on any atom is -0.344 e. The summed E-state index contributed by atoms with van der Waals surface area (Å²) in [5, 5.41) is 2.73. The number of halogens is 1. The van der Waals surface area contributed by atoms with E-state index >= 15 is 0 Å². The predicted molar refractivity (Wildman–Crippen MR) is 64.3 cm³/mol. The molecular weight excluding hydrogens is 233 g/mol. The van der Waals surface area contributed by atoms with E-state index in [1.807, 2.05) is 0 Å². The van der Waals surface area contributed by atoms with Gasteiger partial charge < -0.3 is 5.32 Å². The molecule has 1 N–H and O–H groups in total. The van der Waals surface area contributed by atoms with Crippen molar-refractivity contribution in [3.05, 3.63) is 59.9 Å². The van der Waals surface area contributed by atoms with Crippen LogP contribution in [-0.2, 0) is 0 Å². The maximum atomic E-state index is 13.1. The third kappa shape index (κ3) is 2.88. The number of hydrogen-bond acceptors (Lipinski definition) is 3. The Kier molecular flexibility index (Phi) is 3.62. The van der Waals surface area contributed by atoms with Gasteiger partial charge in [0.2, 0.25) is 0 Å². The van der Waals surface area contributed by atoms with Crippen molar-refractivity contribution in [1.29, 1.82) is 0 Å². The molecule has 0 radical (unpaired) electrons. The number of amides is 1. The number of nitrogens with one attached hydrogen (secondary N) is 1. The molecule has 5 heteroatoms. The van der Waals surface area contributed by atoms with Crippen LogP contribution in [0, 0.1) is 5.82 Å². The summed E-state index contributed by atoms with van der Waals surface area (Å²) in [6.07, 6.45) is 4.32. The first kappa shape index (κ1) is 12.2.